The van der Waals surface area contributed by atoms with Crippen molar-refractivity contribution in [3.8, 4) is 17.0 Å². The lowest BCUT2D eigenvalue weighted by Crippen LogP contribution is -2.26. The largest absolute Gasteiger partial charge is 0.497 e. The fraction of sp³-hybridized carbons (Fsp3) is 0.312. The first-order chi connectivity index (χ1) is 10.5. The Bertz CT molecular complexity index is 720. The summed E-state index contributed by atoms with van der Waals surface area (Å²) in [5.74, 6) is -0.191. The molecule has 22 heavy (non-hydrogen) atoms. The highest BCUT2D eigenvalue weighted by Gasteiger charge is 2.11. The van der Waals surface area contributed by atoms with Crippen molar-refractivity contribution < 1.29 is 14.6 Å². The summed E-state index contributed by atoms with van der Waals surface area (Å²) < 4.78 is 6.47. The van der Waals surface area contributed by atoms with Gasteiger partial charge in [-0.2, -0.15) is 5.10 Å². The molecule has 6 nitrogen and oxygen atoms in total. The molecule has 1 aromatic heterocycles. The summed E-state index contributed by atoms with van der Waals surface area (Å²) in [4.78, 5) is 22.9. The normalized spacial score (nSPS) is 10.5. The number of aromatic nitrogens is 2. The standard InChI is InChI=1S/C16H18N2O4/c1-3-18-16(21)12(6-9-15(19)20)10-14(17-18)11-4-7-13(22-2)8-5-11/h4-5,7-8,10H,3,6,9H2,1-2H3,(H,19,20). The number of nitrogens with zero attached hydrogens (tertiary/aromatic N) is 2. The van der Waals surface area contributed by atoms with Gasteiger partial charge in [-0.3, -0.25) is 9.59 Å². The molecule has 0 unspecified atom stereocenters. The van der Waals surface area contributed by atoms with Crippen LogP contribution in [0.5, 0.6) is 5.75 Å². The monoisotopic (exact) mass is 302 g/mol. The van der Waals surface area contributed by atoms with E-state index in [1.807, 2.05) is 31.2 Å². The van der Waals surface area contributed by atoms with Crippen molar-refractivity contribution in [1.29, 1.82) is 0 Å². The van der Waals surface area contributed by atoms with Gasteiger partial charge in [-0.05, 0) is 43.7 Å². The number of aryl methyl sites for hydroxylation is 2. The van der Waals surface area contributed by atoms with Crippen LogP contribution in [0.15, 0.2) is 35.1 Å². The first kappa shape index (κ1) is 15.8. The molecule has 116 valence electrons. The molecular weight excluding hydrogens is 284 g/mol. The van der Waals surface area contributed by atoms with Crippen molar-refractivity contribution >= 4 is 5.97 Å². The van der Waals surface area contributed by atoms with Crippen LogP contribution in [0, 0.1) is 0 Å². The number of carboxylic acid groups (broad SMARTS) is 1. The molecule has 0 fully saturated rings. The minimum atomic E-state index is -0.926. The Morgan fingerprint density at radius 1 is 1.32 bits per heavy atom. The average molecular weight is 302 g/mol. The fourth-order valence-corrected chi connectivity index (χ4v) is 2.13. The van der Waals surface area contributed by atoms with Crippen LogP contribution in [0.3, 0.4) is 0 Å². The molecule has 2 aromatic rings. The number of methoxy groups -OCH3 is 1. The predicted molar refractivity (Wildman–Crippen MR) is 82.1 cm³/mol. The number of carbonyl (C=O) groups is 1. The Kier molecular flexibility index (Phi) is 4.93. The molecular formula is C16H18N2O4. The molecule has 0 atom stereocenters. The molecule has 1 N–H and O–H groups in total. The van der Waals surface area contributed by atoms with Crippen LogP contribution in [-0.2, 0) is 17.8 Å². The van der Waals surface area contributed by atoms with Crippen molar-refractivity contribution in [2.24, 2.45) is 0 Å². The molecule has 6 heteroatoms. The van der Waals surface area contributed by atoms with Crippen molar-refractivity contribution in [3.63, 3.8) is 0 Å². The van der Waals surface area contributed by atoms with E-state index in [-0.39, 0.29) is 18.4 Å². The summed E-state index contributed by atoms with van der Waals surface area (Å²) in [7, 11) is 1.59. The SMILES string of the molecule is CCn1nc(-c2ccc(OC)cc2)cc(CCC(=O)O)c1=O. The summed E-state index contributed by atoms with van der Waals surface area (Å²) in [6.07, 6.45) is 0.116. The van der Waals surface area contributed by atoms with Crippen LogP contribution in [-0.4, -0.2) is 28.0 Å². The van der Waals surface area contributed by atoms with E-state index in [9.17, 15) is 9.59 Å². The predicted octanol–water partition coefficient (Wildman–Crippen LogP) is 1.96. The number of aliphatic carboxylic acids is 1. The lowest BCUT2D eigenvalue weighted by atomic mass is 10.1. The fourth-order valence-electron chi connectivity index (χ4n) is 2.13. The Morgan fingerprint density at radius 2 is 2.00 bits per heavy atom. The highest BCUT2D eigenvalue weighted by atomic mass is 16.5. The van der Waals surface area contributed by atoms with Gasteiger partial charge in [0.15, 0.2) is 0 Å². The first-order valence-corrected chi connectivity index (χ1v) is 7.02. The summed E-state index contributed by atoms with van der Waals surface area (Å²) in [6, 6.07) is 9.00. The zero-order valence-corrected chi connectivity index (χ0v) is 12.6. The Hall–Kier alpha value is -2.63. The van der Waals surface area contributed by atoms with E-state index in [2.05, 4.69) is 5.10 Å². The van der Waals surface area contributed by atoms with Crippen molar-refractivity contribution in [1.82, 2.24) is 9.78 Å². The molecule has 0 amide bonds. The Morgan fingerprint density at radius 3 is 2.55 bits per heavy atom. The van der Waals surface area contributed by atoms with Crippen LogP contribution in [0.25, 0.3) is 11.3 Å². The number of rotatable bonds is 6. The summed E-state index contributed by atoms with van der Waals surface area (Å²) >= 11 is 0. The van der Waals surface area contributed by atoms with Crippen LogP contribution in [0.4, 0.5) is 0 Å². The zero-order chi connectivity index (χ0) is 16.1. The van der Waals surface area contributed by atoms with Crippen molar-refractivity contribution in [2.45, 2.75) is 26.3 Å². The van der Waals surface area contributed by atoms with E-state index in [0.29, 0.717) is 17.8 Å². The second-order valence-electron chi connectivity index (χ2n) is 4.80. The van der Waals surface area contributed by atoms with Gasteiger partial charge in [0.1, 0.15) is 5.75 Å². The molecule has 0 saturated heterocycles. The summed E-state index contributed by atoms with van der Waals surface area (Å²) in [5, 5.41) is 13.1. The molecule has 0 saturated carbocycles. The molecule has 2 rings (SSSR count). The second-order valence-corrected chi connectivity index (χ2v) is 4.80. The number of hydrogen-bond donors (Lipinski definition) is 1. The third-order valence-electron chi connectivity index (χ3n) is 3.34. The second kappa shape index (κ2) is 6.89. The maximum atomic E-state index is 12.2. The van der Waals surface area contributed by atoms with Crippen LogP contribution >= 0.6 is 0 Å². The highest BCUT2D eigenvalue weighted by molar-refractivity contribution is 5.67. The van der Waals surface area contributed by atoms with Crippen molar-refractivity contribution in [3.05, 3.63) is 46.2 Å². The van der Waals surface area contributed by atoms with Gasteiger partial charge in [0.05, 0.1) is 12.8 Å². The summed E-state index contributed by atoms with van der Waals surface area (Å²) in [5.41, 5.74) is 1.72. The van der Waals surface area contributed by atoms with E-state index < -0.39 is 5.97 Å². The third-order valence-corrected chi connectivity index (χ3v) is 3.34. The zero-order valence-electron chi connectivity index (χ0n) is 12.6. The highest BCUT2D eigenvalue weighted by Crippen LogP contribution is 2.20. The van der Waals surface area contributed by atoms with E-state index in [1.165, 1.54) is 4.68 Å². The van der Waals surface area contributed by atoms with Crippen LogP contribution < -0.4 is 10.3 Å². The van der Waals surface area contributed by atoms with Gasteiger partial charge in [-0.1, -0.05) is 0 Å². The van der Waals surface area contributed by atoms with E-state index >= 15 is 0 Å². The number of hydrogen-bond acceptors (Lipinski definition) is 4. The molecule has 1 aromatic carbocycles. The molecule has 1 heterocycles. The minimum Gasteiger partial charge on any atom is -0.497 e. The van der Waals surface area contributed by atoms with E-state index in [0.717, 1.165) is 11.3 Å². The number of benzene rings is 1. The van der Waals surface area contributed by atoms with Gasteiger partial charge in [0.2, 0.25) is 0 Å². The smallest absolute Gasteiger partial charge is 0.303 e. The molecule has 0 aliphatic heterocycles. The lowest BCUT2D eigenvalue weighted by molar-refractivity contribution is -0.136. The maximum Gasteiger partial charge on any atom is 0.303 e. The molecule has 0 spiro atoms. The Labute approximate surface area is 128 Å². The lowest BCUT2D eigenvalue weighted by Gasteiger charge is -2.09. The van der Waals surface area contributed by atoms with Gasteiger partial charge in [0.25, 0.3) is 5.56 Å². The van der Waals surface area contributed by atoms with Crippen molar-refractivity contribution in [2.75, 3.05) is 7.11 Å². The average Bonchev–Trinajstić information content (AvgIpc) is 2.54. The minimum absolute atomic E-state index is 0.0784. The topological polar surface area (TPSA) is 81.4 Å². The molecule has 0 radical (unpaired) electrons. The van der Waals surface area contributed by atoms with E-state index in [1.54, 1.807) is 13.2 Å². The quantitative estimate of drug-likeness (QED) is 0.882. The molecule has 0 aliphatic rings. The van der Waals surface area contributed by atoms with Gasteiger partial charge >= 0.3 is 5.97 Å². The van der Waals surface area contributed by atoms with E-state index in [4.69, 9.17) is 9.84 Å². The van der Waals surface area contributed by atoms with Gasteiger partial charge in [-0.15, -0.1) is 0 Å². The molecule has 0 aliphatic carbocycles. The van der Waals surface area contributed by atoms with Gasteiger partial charge in [0, 0.05) is 24.1 Å². The molecule has 0 bridgehead atoms. The third kappa shape index (κ3) is 3.52. The van der Waals surface area contributed by atoms with Crippen LogP contribution in [0.2, 0.25) is 0 Å². The number of carboxylic acids is 1. The Balaban J connectivity index is 2.43. The van der Waals surface area contributed by atoms with Gasteiger partial charge in [-0.25, -0.2) is 4.68 Å². The van der Waals surface area contributed by atoms with Crippen LogP contribution in [0.1, 0.15) is 18.9 Å². The summed E-state index contributed by atoms with van der Waals surface area (Å²) in [6.45, 7) is 2.26. The number of ether oxygens (including phenoxy) is 1. The first-order valence-electron chi connectivity index (χ1n) is 7.02. The maximum absolute atomic E-state index is 12.2. The van der Waals surface area contributed by atoms with Gasteiger partial charge < -0.3 is 9.84 Å².